The highest BCUT2D eigenvalue weighted by atomic mass is 16.6. The first-order valence-electron chi connectivity index (χ1n) is 6.63. The predicted octanol–water partition coefficient (Wildman–Crippen LogP) is 3.51. The molecule has 1 aromatic heterocycles. The molecule has 5 nitrogen and oxygen atoms in total. The second-order valence-corrected chi connectivity index (χ2v) is 6.86. The van der Waals surface area contributed by atoms with Crippen LogP contribution in [0.5, 0.6) is 0 Å². The van der Waals surface area contributed by atoms with E-state index in [1.165, 1.54) is 0 Å². The molecule has 0 saturated heterocycles. The normalized spacial score (nSPS) is 13.8. The number of amides is 1. The van der Waals surface area contributed by atoms with Crippen molar-refractivity contribution in [3.05, 3.63) is 24.0 Å². The van der Waals surface area contributed by atoms with E-state index in [1.807, 2.05) is 20.8 Å². The average molecular weight is 280 g/mol. The van der Waals surface area contributed by atoms with Gasteiger partial charge in [0.25, 0.3) is 0 Å². The molecule has 0 aromatic carbocycles. The van der Waals surface area contributed by atoms with Gasteiger partial charge in [-0.25, -0.2) is 4.79 Å². The van der Waals surface area contributed by atoms with E-state index in [9.17, 15) is 9.90 Å². The van der Waals surface area contributed by atoms with Crippen molar-refractivity contribution in [2.75, 3.05) is 5.32 Å². The van der Waals surface area contributed by atoms with Crippen molar-refractivity contribution < 1.29 is 14.6 Å². The Morgan fingerprint density at radius 2 is 1.90 bits per heavy atom. The van der Waals surface area contributed by atoms with Crippen molar-refractivity contribution in [3.63, 3.8) is 0 Å². The van der Waals surface area contributed by atoms with E-state index in [-0.39, 0.29) is 5.41 Å². The number of aliphatic hydroxyl groups excluding tert-OH is 1. The lowest BCUT2D eigenvalue weighted by Gasteiger charge is -2.25. The van der Waals surface area contributed by atoms with Gasteiger partial charge >= 0.3 is 6.09 Å². The van der Waals surface area contributed by atoms with Crippen molar-refractivity contribution in [2.24, 2.45) is 5.41 Å². The van der Waals surface area contributed by atoms with Gasteiger partial charge in [0, 0.05) is 11.9 Å². The van der Waals surface area contributed by atoms with Crippen LogP contribution >= 0.6 is 0 Å². The molecule has 0 aliphatic carbocycles. The molecule has 1 amide bonds. The fourth-order valence-corrected chi connectivity index (χ4v) is 1.54. The van der Waals surface area contributed by atoms with Crippen molar-refractivity contribution in [3.8, 4) is 0 Å². The molecule has 2 N–H and O–H groups in total. The lowest BCUT2D eigenvalue weighted by Crippen LogP contribution is -2.27. The predicted molar refractivity (Wildman–Crippen MR) is 78.5 cm³/mol. The molecule has 1 atom stereocenters. The van der Waals surface area contributed by atoms with Gasteiger partial charge in [-0.3, -0.25) is 10.3 Å². The largest absolute Gasteiger partial charge is 0.444 e. The second-order valence-electron chi connectivity index (χ2n) is 6.86. The molecule has 1 rings (SSSR count). The van der Waals surface area contributed by atoms with E-state index in [1.54, 1.807) is 39.1 Å². The molecule has 0 radical (unpaired) electrons. The zero-order chi connectivity index (χ0) is 15.6. The summed E-state index contributed by atoms with van der Waals surface area (Å²) >= 11 is 0. The van der Waals surface area contributed by atoms with Crippen molar-refractivity contribution >= 4 is 11.8 Å². The molecular weight excluding hydrogens is 256 g/mol. The minimum absolute atomic E-state index is 0.322. The van der Waals surface area contributed by atoms with Crippen molar-refractivity contribution in [2.45, 2.75) is 53.2 Å². The number of carbonyl (C=O) groups is 1. The Kier molecular flexibility index (Phi) is 4.76. The van der Waals surface area contributed by atoms with E-state index >= 15 is 0 Å². The third-order valence-corrected chi connectivity index (χ3v) is 2.53. The molecule has 1 unspecified atom stereocenters. The quantitative estimate of drug-likeness (QED) is 0.869. The summed E-state index contributed by atoms with van der Waals surface area (Å²) in [5, 5.41) is 12.8. The molecule has 0 aliphatic heterocycles. The molecule has 0 fully saturated rings. The first-order chi connectivity index (χ1) is 8.99. The van der Waals surface area contributed by atoms with Crippen LogP contribution < -0.4 is 5.32 Å². The minimum Gasteiger partial charge on any atom is -0.444 e. The van der Waals surface area contributed by atoms with E-state index in [2.05, 4.69) is 10.3 Å². The number of anilines is 1. The number of pyridine rings is 1. The average Bonchev–Trinajstić information content (AvgIpc) is 2.24. The number of ether oxygens (including phenoxy) is 1. The fourth-order valence-electron chi connectivity index (χ4n) is 1.54. The van der Waals surface area contributed by atoms with Gasteiger partial charge in [0.05, 0.1) is 5.69 Å². The van der Waals surface area contributed by atoms with Crippen LogP contribution in [0.2, 0.25) is 0 Å². The molecule has 112 valence electrons. The van der Waals surface area contributed by atoms with Crippen LogP contribution in [0.3, 0.4) is 0 Å². The number of aliphatic hydroxyl groups is 1. The maximum Gasteiger partial charge on any atom is 0.412 e. The number of hydrogen-bond acceptors (Lipinski definition) is 4. The van der Waals surface area contributed by atoms with Crippen LogP contribution in [0.1, 0.15) is 53.3 Å². The lowest BCUT2D eigenvalue weighted by atomic mass is 9.87. The van der Waals surface area contributed by atoms with Crippen LogP contribution in [0.4, 0.5) is 10.5 Å². The highest BCUT2D eigenvalue weighted by Crippen LogP contribution is 2.32. The van der Waals surface area contributed by atoms with E-state index in [4.69, 9.17) is 4.74 Å². The van der Waals surface area contributed by atoms with Gasteiger partial charge in [-0.15, -0.1) is 0 Å². The summed E-state index contributed by atoms with van der Waals surface area (Å²) < 4.78 is 5.18. The van der Waals surface area contributed by atoms with Crippen molar-refractivity contribution in [1.82, 2.24) is 4.98 Å². The lowest BCUT2D eigenvalue weighted by molar-refractivity contribution is 0.0588. The second kappa shape index (κ2) is 5.79. The molecule has 0 bridgehead atoms. The zero-order valence-corrected chi connectivity index (χ0v) is 13.0. The third-order valence-electron chi connectivity index (χ3n) is 2.53. The van der Waals surface area contributed by atoms with Crippen LogP contribution in [0.25, 0.3) is 0 Å². The topological polar surface area (TPSA) is 71.5 Å². The van der Waals surface area contributed by atoms with Gasteiger partial charge in [0.1, 0.15) is 11.7 Å². The Morgan fingerprint density at radius 3 is 2.40 bits per heavy atom. The Hall–Kier alpha value is -1.62. The maximum absolute atomic E-state index is 11.7. The molecule has 1 aromatic rings. The molecule has 5 heteroatoms. The molecule has 20 heavy (non-hydrogen) atoms. The molecular formula is C15H24N2O3. The van der Waals surface area contributed by atoms with Crippen molar-refractivity contribution in [1.29, 1.82) is 0 Å². The number of rotatable bonds is 2. The first-order valence-corrected chi connectivity index (χ1v) is 6.63. The Bertz CT molecular complexity index is 473. The molecule has 0 aliphatic rings. The van der Waals surface area contributed by atoms with E-state index in [0.717, 1.165) is 0 Å². The van der Waals surface area contributed by atoms with Gasteiger partial charge in [-0.05, 0) is 38.3 Å². The number of hydrogen-bond donors (Lipinski definition) is 2. The number of carbonyl (C=O) groups excluding carboxylic acids is 1. The van der Waals surface area contributed by atoms with E-state index < -0.39 is 17.8 Å². The SMILES string of the molecule is CC(C)(C)OC(=O)Nc1ccnc(C(O)C(C)(C)C)c1. The standard InChI is InChI=1S/C15H24N2O3/c1-14(2,3)12(18)11-9-10(7-8-16-11)17-13(19)20-15(4,5)6/h7-9,12,18H,1-6H3,(H,16,17,19). The summed E-state index contributed by atoms with van der Waals surface area (Å²) in [4.78, 5) is 15.8. The summed E-state index contributed by atoms with van der Waals surface area (Å²) in [5.41, 5.74) is 0.196. The Balaban J connectivity index is 2.82. The number of nitrogens with one attached hydrogen (secondary N) is 1. The Labute approximate surface area is 120 Å². The van der Waals surface area contributed by atoms with Gasteiger partial charge in [0.2, 0.25) is 0 Å². The summed E-state index contributed by atoms with van der Waals surface area (Å²) in [6.07, 6.45) is 0.319. The highest BCUT2D eigenvalue weighted by Gasteiger charge is 2.25. The molecule has 0 saturated carbocycles. The third kappa shape index (κ3) is 5.17. The molecule has 1 heterocycles. The first kappa shape index (κ1) is 16.4. The van der Waals surface area contributed by atoms with Gasteiger partial charge in [0.15, 0.2) is 0 Å². The number of aromatic nitrogens is 1. The minimum atomic E-state index is -0.706. The highest BCUT2D eigenvalue weighted by molar-refractivity contribution is 5.84. The van der Waals surface area contributed by atoms with Gasteiger partial charge in [-0.1, -0.05) is 20.8 Å². The summed E-state index contributed by atoms with van der Waals surface area (Å²) in [7, 11) is 0. The smallest absolute Gasteiger partial charge is 0.412 e. The van der Waals surface area contributed by atoms with Gasteiger partial charge < -0.3 is 9.84 Å². The Morgan fingerprint density at radius 1 is 1.30 bits per heavy atom. The summed E-state index contributed by atoms with van der Waals surface area (Å²) in [6, 6.07) is 3.31. The maximum atomic E-state index is 11.7. The number of nitrogens with zero attached hydrogens (tertiary/aromatic N) is 1. The summed E-state index contributed by atoms with van der Waals surface area (Å²) in [6.45, 7) is 11.2. The fraction of sp³-hybridized carbons (Fsp3) is 0.600. The van der Waals surface area contributed by atoms with E-state index in [0.29, 0.717) is 11.4 Å². The van der Waals surface area contributed by atoms with Crippen LogP contribution in [-0.2, 0) is 4.74 Å². The summed E-state index contributed by atoms with van der Waals surface area (Å²) in [5.74, 6) is 0. The van der Waals surface area contributed by atoms with Crippen LogP contribution in [0.15, 0.2) is 18.3 Å². The molecule has 0 spiro atoms. The zero-order valence-electron chi connectivity index (χ0n) is 13.0. The van der Waals surface area contributed by atoms with Gasteiger partial charge in [-0.2, -0.15) is 0 Å². The van der Waals surface area contributed by atoms with Crippen LogP contribution in [0, 0.1) is 5.41 Å². The monoisotopic (exact) mass is 280 g/mol. The van der Waals surface area contributed by atoms with Crippen LogP contribution in [-0.4, -0.2) is 21.8 Å².